The molecule has 0 spiro atoms. The Hall–Kier alpha value is 0.880. The Labute approximate surface area is 109 Å². The van der Waals surface area contributed by atoms with Crippen molar-refractivity contribution in [2.75, 3.05) is 0 Å². The monoisotopic (exact) mass is 288 g/mol. The van der Waals surface area contributed by atoms with Gasteiger partial charge in [0.15, 0.2) is 0 Å². The van der Waals surface area contributed by atoms with Crippen LogP contribution in [0.2, 0.25) is 0 Å². The molecule has 0 aromatic rings. The molecule has 0 atom stereocenters. The van der Waals surface area contributed by atoms with E-state index >= 15 is 0 Å². The quantitative estimate of drug-likeness (QED) is 0.247. The minimum atomic E-state index is -5.17. The van der Waals surface area contributed by atoms with Gasteiger partial charge in [-0.3, -0.25) is 17.5 Å². The molecule has 0 unspecified atom stereocenters. The van der Waals surface area contributed by atoms with Gasteiger partial charge in [-0.15, -0.1) is 0 Å². The van der Waals surface area contributed by atoms with E-state index < -0.39 is 20.8 Å². The molecule has 0 rings (SSSR count). The Morgan fingerprint density at radius 2 is 0.786 bits per heavy atom. The van der Waals surface area contributed by atoms with Gasteiger partial charge in [-0.1, -0.05) is 0 Å². The Morgan fingerprint density at radius 1 is 0.786 bits per heavy atom. The molecule has 0 radical (unpaired) electrons. The first-order valence-electron chi connectivity index (χ1n) is 1.37. The average molecular weight is 288 g/mol. The summed E-state index contributed by atoms with van der Waals surface area (Å²) in [6.45, 7) is 0. The molecular formula is H8CaO11S2. The molecule has 0 saturated carbocycles. The molecule has 0 aromatic carbocycles. The van der Waals surface area contributed by atoms with Crippen molar-refractivity contribution >= 4 is 58.5 Å². The fraction of sp³-hybridized carbons (Fsp3) is 0. The van der Waals surface area contributed by atoms with E-state index in [1.807, 2.05) is 0 Å². The van der Waals surface area contributed by atoms with Crippen molar-refractivity contribution in [1.82, 2.24) is 0 Å². The average Bonchev–Trinajstić information content (AvgIpc) is 1.12. The Morgan fingerprint density at radius 3 is 0.786 bits per heavy atom. The molecule has 0 aliphatic carbocycles. The molecule has 11 nitrogen and oxygen atoms in total. The van der Waals surface area contributed by atoms with Crippen molar-refractivity contribution in [1.29, 1.82) is 0 Å². The van der Waals surface area contributed by atoms with Gasteiger partial charge in [0.1, 0.15) is 0 Å². The predicted molar refractivity (Wildman–Crippen MR) is 41.2 cm³/mol. The van der Waals surface area contributed by atoms with Crippen molar-refractivity contribution in [3.8, 4) is 0 Å². The normalized spacial score (nSPS) is 8.29. The first-order valence-corrected chi connectivity index (χ1v) is 4.10. The SMILES string of the molecule is O.O.O.O=S(=O)(O)O.O=S(=O)([O-])[O-].[Ca+2]. The van der Waals surface area contributed by atoms with Crippen LogP contribution in [0.1, 0.15) is 0 Å². The van der Waals surface area contributed by atoms with Gasteiger partial charge in [0.2, 0.25) is 0 Å². The zero-order valence-corrected chi connectivity index (χ0v) is 10.2. The molecular weight excluding hydrogens is 280 g/mol. The summed E-state index contributed by atoms with van der Waals surface area (Å²) >= 11 is 0. The van der Waals surface area contributed by atoms with Gasteiger partial charge in [0.25, 0.3) is 0 Å². The van der Waals surface area contributed by atoms with Crippen LogP contribution < -0.4 is 0 Å². The first kappa shape index (κ1) is 36.4. The number of rotatable bonds is 0. The molecule has 0 bridgehead atoms. The van der Waals surface area contributed by atoms with E-state index in [-0.39, 0.29) is 54.2 Å². The van der Waals surface area contributed by atoms with Gasteiger partial charge < -0.3 is 25.5 Å². The molecule has 0 heterocycles. The van der Waals surface area contributed by atoms with Crippen LogP contribution in [0.5, 0.6) is 0 Å². The molecule has 0 aliphatic heterocycles. The zero-order chi connectivity index (χ0) is 9.00. The largest absolute Gasteiger partial charge is 2.00 e. The summed E-state index contributed by atoms with van der Waals surface area (Å²) in [5.74, 6) is 0. The van der Waals surface area contributed by atoms with Crippen molar-refractivity contribution in [2.24, 2.45) is 0 Å². The molecule has 0 saturated heterocycles. The van der Waals surface area contributed by atoms with Crippen LogP contribution >= 0.6 is 0 Å². The smallest absolute Gasteiger partial charge is 0.759 e. The minimum absolute atomic E-state index is 0. The van der Waals surface area contributed by atoms with E-state index in [0.717, 1.165) is 0 Å². The summed E-state index contributed by atoms with van der Waals surface area (Å²) in [5, 5.41) is 0. The van der Waals surface area contributed by atoms with Crippen molar-refractivity contribution < 1.29 is 51.5 Å². The van der Waals surface area contributed by atoms with Crippen LogP contribution in [-0.2, 0) is 20.8 Å². The standard InChI is InChI=1S/Ca.2H2O4S.3H2O/c;2*1-5(2,3)4;;;/h;2*(H2,1,2,3,4);3*1H2/q+2;;;;;/p-2. The second kappa shape index (κ2) is 13.9. The Bertz CT molecular complexity index is 210. The van der Waals surface area contributed by atoms with E-state index in [1.54, 1.807) is 0 Å². The van der Waals surface area contributed by atoms with Crippen LogP contribution in [0.15, 0.2) is 0 Å². The Kier molecular flexibility index (Phi) is 36.0. The number of hydrogen-bond donors (Lipinski definition) is 2. The van der Waals surface area contributed by atoms with Crippen LogP contribution in [0.25, 0.3) is 0 Å². The van der Waals surface area contributed by atoms with Crippen LogP contribution in [0.4, 0.5) is 0 Å². The second-order valence-electron chi connectivity index (χ2n) is 0.856. The molecule has 14 heteroatoms. The first-order chi connectivity index (χ1) is 4.00. The third kappa shape index (κ3) is 2350. The predicted octanol–water partition coefficient (Wildman–Crippen LogP) is -4.85. The van der Waals surface area contributed by atoms with E-state index in [1.165, 1.54) is 0 Å². The number of hydrogen-bond acceptors (Lipinski definition) is 6. The van der Waals surface area contributed by atoms with Gasteiger partial charge >= 0.3 is 48.1 Å². The summed E-state index contributed by atoms with van der Waals surface area (Å²) in [6, 6.07) is 0. The van der Waals surface area contributed by atoms with E-state index in [2.05, 4.69) is 0 Å². The van der Waals surface area contributed by atoms with Crippen molar-refractivity contribution in [3.63, 3.8) is 0 Å². The van der Waals surface area contributed by atoms with Gasteiger partial charge in [-0.25, -0.2) is 0 Å². The van der Waals surface area contributed by atoms with Gasteiger partial charge in [-0.2, -0.15) is 8.42 Å². The molecule has 88 valence electrons. The van der Waals surface area contributed by atoms with Crippen LogP contribution in [0, 0.1) is 0 Å². The van der Waals surface area contributed by atoms with Crippen molar-refractivity contribution in [3.05, 3.63) is 0 Å². The van der Waals surface area contributed by atoms with E-state index in [4.69, 9.17) is 35.0 Å². The van der Waals surface area contributed by atoms with Gasteiger partial charge in [0.05, 0.1) is 0 Å². The second-order valence-corrected chi connectivity index (χ2v) is 2.57. The maximum absolute atomic E-state index is 8.74. The summed E-state index contributed by atoms with van der Waals surface area (Å²) < 4.78 is 65.7. The maximum Gasteiger partial charge on any atom is 2.00 e. The van der Waals surface area contributed by atoms with E-state index in [9.17, 15) is 0 Å². The summed E-state index contributed by atoms with van der Waals surface area (Å²) in [5.41, 5.74) is 0. The van der Waals surface area contributed by atoms with Crippen LogP contribution in [-0.4, -0.2) is 89.2 Å². The van der Waals surface area contributed by atoms with Gasteiger partial charge in [0, 0.05) is 10.4 Å². The summed E-state index contributed by atoms with van der Waals surface area (Å²) in [6.07, 6.45) is 0. The van der Waals surface area contributed by atoms with Crippen molar-refractivity contribution in [2.45, 2.75) is 0 Å². The maximum atomic E-state index is 8.74. The third-order valence-electron chi connectivity index (χ3n) is 0. The Balaban J connectivity index is -0.0000000178. The molecule has 0 aromatic heterocycles. The molecule has 0 fully saturated rings. The fourth-order valence-electron chi connectivity index (χ4n) is 0. The molecule has 8 N–H and O–H groups in total. The summed E-state index contributed by atoms with van der Waals surface area (Å²) in [4.78, 5) is 0. The van der Waals surface area contributed by atoms with Crippen LogP contribution in [0.3, 0.4) is 0 Å². The molecule has 0 amide bonds. The fourth-order valence-corrected chi connectivity index (χ4v) is 0. The van der Waals surface area contributed by atoms with Gasteiger partial charge in [-0.05, 0) is 0 Å². The minimum Gasteiger partial charge on any atom is -0.759 e. The molecule has 0 aliphatic rings. The van der Waals surface area contributed by atoms with E-state index in [0.29, 0.717) is 0 Å². The zero-order valence-electron chi connectivity index (χ0n) is 6.37. The molecule has 14 heavy (non-hydrogen) atoms. The third-order valence-corrected chi connectivity index (χ3v) is 0. The topological polar surface area (TPSA) is 249 Å². The summed E-state index contributed by atoms with van der Waals surface area (Å²) in [7, 11) is -9.83.